The maximum Gasteiger partial charge on any atom is 0.179 e. The van der Waals surface area contributed by atoms with Crippen LogP contribution in [0.25, 0.3) is 0 Å². The second-order valence-corrected chi connectivity index (χ2v) is 6.92. The summed E-state index contributed by atoms with van der Waals surface area (Å²) < 4.78 is 5.17. The average Bonchev–Trinajstić information content (AvgIpc) is 3.04. The molecule has 0 unspecified atom stereocenters. The van der Waals surface area contributed by atoms with Crippen molar-refractivity contribution in [3.8, 4) is 5.75 Å². The summed E-state index contributed by atoms with van der Waals surface area (Å²) in [5.41, 5.74) is 1.74. The van der Waals surface area contributed by atoms with E-state index in [1.54, 1.807) is 18.9 Å². The monoisotopic (exact) mass is 377 g/mol. The van der Waals surface area contributed by atoms with E-state index in [-0.39, 0.29) is 0 Å². The van der Waals surface area contributed by atoms with Gasteiger partial charge in [-0.25, -0.2) is 4.99 Å². The molecule has 0 radical (unpaired) electrons. The largest absolute Gasteiger partial charge is 0.497 e. The lowest BCUT2D eigenvalue weighted by Crippen LogP contribution is -2.35. The Morgan fingerprint density at radius 2 is 2.08 bits per heavy atom. The number of rotatable bonds is 3. The summed E-state index contributed by atoms with van der Waals surface area (Å²) in [4.78, 5) is 6.70. The minimum atomic E-state index is 0.620. The molecular formula is C17H16ClN3OS2. The Bertz CT molecular complexity index is 765. The minimum absolute atomic E-state index is 0.620. The van der Waals surface area contributed by atoms with Gasteiger partial charge in [-0.3, -0.25) is 4.90 Å². The number of aliphatic imine (C=N–C) groups is 1. The molecular weight excluding hydrogens is 362 g/mol. The standard InChI is InChI=1S/C17H16ClN3OS2/c1-22-15-7-5-13(6-8-15)20-17-21(9-10-24-17)16(23)19-14-4-2-3-12(18)11-14/h2-8,11H,9-10H2,1H3,(H,19,23). The first-order valence-electron chi connectivity index (χ1n) is 7.35. The smallest absolute Gasteiger partial charge is 0.179 e. The number of methoxy groups -OCH3 is 1. The van der Waals surface area contributed by atoms with Crippen LogP contribution in [0.4, 0.5) is 11.4 Å². The summed E-state index contributed by atoms with van der Waals surface area (Å²) in [6.07, 6.45) is 0. The van der Waals surface area contributed by atoms with Crippen LogP contribution in [0.1, 0.15) is 0 Å². The van der Waals surface area contributed by atoms with Crippen molar-refractivity contribution < 1.29 is 4.74 Å². The van der Waals surface area contributed by atoms with E-state index >= 15 is 0 Å². The second-order valence-electron chi connectivity index (χ2n) is 5.03. The molecule has 0 aromatic heterocycles. The van der Waals surface area contributed by atoms with Gasteiger partial charge >= 0.3 is 0 Å². The van der Waals surface area contributed by atoms with Gasteiger partial charge in [-0.05, 0) is 54.7 Å². The predicted molar refractivity (Wildman–Crippen MR) is 107 cm³/mol. The third-order valence-corrected chi connectivity index (χ3v) is 4.91. The number of nitrogens with one attached hydrogen (secondary N) is 1. The van der Waals surface area contributed by atoms with E-state index in [0.29, 0.717) is 10.1 Å². The average molecular weight is 378 g/mol. The Hall–Kier alpha value is -1.76. The molecule has 124 valence electrons. The lowest BCUT2D eigenvalue weighted by Gasteiger charge is -2.20. The van der Waals surface area contributed by atoms with Crippen molar-refractivity contribution in [3.05, 3.63) is 53.6 Å². The number of thioether (sulfide) groups is 1. The van der Waals surface area contributed by atoms with Gasteiger partial charge in [0.05, 0.1) is 12.8 Å². The summed E-state index contributed by atoms with van der Waals surface area (Å²) in [5, 5.41) is 5.40. The van der Waals surface area contributed by atoms with E-state index < -0.39 is 0 Å². The Balaban J connectivity index is 1.74. The summed E-state index contributed by atoms with van der Waals surface area (Å²) >= 11 is 13.2. The third-order valence-electron chi connectivity index (χ3n) is 3.40. The van der Waals surface area contributed by atoms with E-state index in [9.17, 15) is 0 Å². The van der Waals surface area contributed by atoms with Gasteiger partial charge in [0.25, 0.3) is 0 Å². The van der Waals surface area contributed by atoms with Crippen molar-refractivity contribution in [2.75, 3.05) is 24.7 Å². The zero-order chi connectivity index (χ0) is 16.9. The van der Waals surface area contributed by atoms with Crippen LogP contribution in [0.15, 0.2) is 53.5 Å². The Kier molecular flexibility index (Phi) is 5.60. The van der Waals surface area contributed by atoms with Crippen molar-refractivity contribution in [3.63, 3.8) is 0 Å². The molecule has 0 bridgehead atoms. The molecule has 1 fully saturated rings. The van der Waals surface area contributed by atoms with Crippen molar-refractivity contribution in [1.29, 1.82) is 0 Å². The molecule has 2 aromatic carbocycles. The number of ether oxygens (including phenoxy) is 1. The fourth-order valence-electron chi connectivity index (χ4n) is 2.21. The molecule has 1 heterocycles. The van der Waals surface area contributed by atoms with Gasteiger partial charge in [0, 0.05) is 23.0 Å². The van der Waals surface area contributed by atoms with Crippen LogP contribution in [0.5, 0.6) is 5.75 Å². The normalized spacial score (nSPS) is 15.6. The number of hydrogen-bond acceptors (Lipinski definition) is 4. The highest BCUT2D eigenvalue weighted by atomic mass is 35.5. The highest BCUT2D eigenvalue weighted by Crippen LogP contribution is 2.25. The summed E-state index contributed by atoms with van der Waals surface area (Å²) in [7, 11) is 1.65. The van der Waals surface area contributed by atoms with E-state index in [2.05, 4.69) is 5.32 Å². The highest BCUT2D eigenvalue weighted by Gasteiger charge is 2.23. The first kappa shape index (κ1) is 17.1. The molecule has 24 heavy (non-hydrogen) atoms. The Labute approximate surface area is 155 Å². The van der Waals surface area contributed by atoms with Gasteiger partial charge in [0.1, 0.15) is 5.75 Å². The van der Waals surface area contributed by atoms with Gasteiger partial charge in [-0.15, -0.1) is 0 Å². The lowest BCUT2D eigenvalue weighted by atomic mass is 10.3. The molecule has 7 heteroatoms. The predicted octanol–water partition coefficient (Wildman–Crippen LogP) is 4.78. The number of anilines is 1. The van der Waals surface area contributed by atoms with Crippen LogP contribution in [0.3, 0.4) is 0 Å². The topological polar surface area (TPSA) is 36.9 Å². The third kappa shape index (κ3) is 4.20. The van der Waals surface area contributed by atoms with Gasteiger partial charge < -0.3 is 10.1 Å². The number of thiocarbonyl (C=S) groups is 1. The fraction of sp³-hybridized carbons (Fsp3) is 0.176. The SMILES string of the molecule is COc1ccc(N=C2SCCN2C(=S)Nc2cccc(Cl)c2)cc1. The van der Waals surface area contributed by atoms with Gasteiger partial charge in [0.15, 0.2) is 10.3 Å². The zero-order valence-corrected chi connectivity index (χ0v) is 15.4. The Morgan fingerprint density at radius 3 is 2.79 bits per heavy atom. The quantitative estimate of drug-likeness (QED) is 0.779. The maximum atomic E-state index is 6.01. The molecule has 1 saturated heterocycles. The zero-order valence-electron chi connectivity index (χ0n) is 13.0. The molecule has 3 rings (SSSR count). The highest BCUT2D eigenvalue weighted by molar-refractivity contribution is 8.14. The molecule has 0 atom stereocenters. The Morgan fingerprint density at radius 1 is 1.29 bits per heavy atom. The van der Waals surface area contributed by atoms with Crippen molar-refractivity contribution in [2.24, 2.45) is 4.99 Å². The molecule has 0 saturated carbocycles. The van der Waals surface area contributed by atoms with E-state index in [1.807, 2.05) is 53.4 Å². The van der Waals surface area contributed by atoms with Crippen molar-refractivity contribution in [2.45, 2.75) is 0 Å². The van der Waals surface area contributed by atoms with Crippen molar-refractivity contribution in [1.82, 2.24) is 4.90 Å². The maximum absolute atomic E-state index is 6.01. The van der Waals surface area contributed by atoms with Crippen LogP contribution in [-0.4, -0.2) is 34.6 Å². The lowest BCUT2D eigenvalue weighted by molar-refractivity contribution is 0.415. The first-order chi connectivity index (χ1) is 11.7. The summed E-state index contributed by atoms with van der Waals surface area (Å²) in [6, 6.07) is 15.1. The molecule has 2 aromatic rings. The minimum Gasteiger partial charge on any atom is -0.497 e. The first-order valence-corrected chi connectivity index (χ1v) is 9.12. The molecule has 0 aliphatic carbocycles. The fourth-order valence-corrected chi connectivity index (χ4v) is 3.72. The molecule has 0 amide bonds. The van der Waals surface area contributed by atoms with Crippen LogP contribution >= 0.6 is 35.6 Å². The number of nitrogens with zero attached hydrogens (tertiary/aromatic N) is 2. The number of benzene rings is 2. The van der Waals surface area contributed by atoms with Crippen molar-refractivity contribution >= 4 is 57.2 Å². The van der Waals surface area contributed by atoms with E-state index in [0.717, 1.165) is 34.6 Å². The van der Waals surface area contributed by atoms with E-state index in [4.69, 9.17) is 33.5 Å². The van der Waals surface area contributed by atoms with Crippen LogP contribution in [-0.2, 0) is 0 Å². The summed E-state index contributed by atoms with van der Waals surface area (Å²) in [6.45, 7) is 0.825. The molecule has 1 N–H and O–H groups in total. The summed E-state index contributed by atoms with van der Waals surface area (Å²) in [5.74, 6) is 1.76. The molecule has 1 aliphatic rings. The van der Waals surface area contributed by atoms with Crippen LogP contribution in [0.2, 0.25) is 5.02 Å². The van der Waals surface area contributed by atoms with Gasteiger partial charge in [-0.1, -0.05) is 29.4 Å². The number of halogens is 1. The number of hydrogen-bond donors (Lipinski definition) is 1. The number of amidine groups is 1. The van der Waals surface area contributed by atoms with Gasteiger partial charge in [0.2, 0.25) is 0 Å². The molecule has 4 nitrogen and oxygen atoms in total. The van der Waals surface area contributed by atoms with Gasteiger partial charge in [-0.2, -0.15) is 0 Å². The van der Waals surface area contributed by atoms with Crippen LogP contribution in [0, 0.1) is 0 Å². The molecule has 0 spiro atoms. The second kappa shape index (κ2) is 7.88. The van der Waals surface area contributed by atoms with Crippen LogP contribution < -0.4 is 10.1 Å². The molecule has 1 aliphatic heterocycles. The van der Waals surface area contributed by atoms with E-state index in [1.165, 1.54) is 0 Å².